The third kappa shape index (κ3) is 3.12. The number of nitrogens with zero attached hydrogens (tertiary/aromatic N) is 1. The number of hydrogen-bond donors (Lipinski definition) is 3. The maximum atomic E-state index is 12.1. The molecule has 21 heavy (non-hydrogen) atoms. The second kappa shape index (κ2) is 6.07. The Hall–Kier alpha value is -2.18. The van der Waals surface area contributed by atoms with Gasteiger partial charge >= 0.3 is 0 Å². The van der Waals surface area contributed by atoms with Crippen molar-refractivity contribution in [2.75, 3.05) is 19.0 Å². The molecular formula is C15H18N4O2. The lowest BCUT2D eigenvalue weighted by molar-refractivity contribution is -0.118. The highest BCUT2D eigenvalue weighted by Gasteiger charge is 2.29. The van der Waals surface area contributed by atoms with Crippen molar-refractivity contribution in [2.45, 2.75) is 18.6 Å². The number of anilines is 1. The molecule has 110 valence electrons. The Labute approximate surface area is 122 Å². The summed E-state index contributed by atoms with van der Waals surface area (Å²) in [6, 6.07) is 9.38. The highest BCUT2D eigenvalue weighted by Crippen LogP contribution is 2.19. The first-order chi connectivity index (χ1) is 10.3. The van der Waals surface area contributed by atoms with Crippen LogP contribution in [0.1, 0.15) is 6.42 Å². The van der Waals surface area contributed by atoms with Crippen LogP contribution in [0.15, 0.2) is 36.5 Å². The molecule has 1 aliphatic heterocycles. The van der Waals surface area contributed by atoms with E-state index in [0.29, 0.717) is 13.0 Å². The molecule has 1 aliphatic rings. The summed E-state index contributed by atoms with van der Waals surface area (Å²) >= 11 is 0. The molecule has 6 heteroatoms. The number of carbonyl (C=O) groups is 1. The fourth-order valence-electron chi connectivity index (χ4n) is 2.46. The summed E-state index contributed by atoms with van der Waals surface area (Å²) in [7, 11) is 1.67. The smallest absolute Gasteiger partial charge is 0.241 e. The monoisotopic (exact) mass is 286 g/mol. The van der Waals surface area contributed by atoms with E-state index < -0.39 is 0 Å². The molecule has 0 radical (unpaired) electrons. The van der Waals surface area contributed by atoms with E-state index in [9.17, 15) is 4.79 Å². The Morgan fingerprint density at radius 3 is 2.76 bits per heavy atom. The average Bonchev–Trinajstić information content (AvgIpc) is 3.19. The van der Waals surface area contributed by atoms with Crippen molar-refractivity contribution < 1.29 is 9.53 Å². The Kier molecular flexibility index (Phi) is 3.98. The fraction of sp³-hybridized carbons (Fsp3) is 0.333. The molecule has 0 saturated carbocycles. The Bertz CT molecular complexity index is 595. The van der Waals surface area contributed by atoms with E-state index >= 15 is 0 Å². The second-order valence-corrected chi connectivity index (χ2v) is 5.09. The zero-order valence-electron chi connectivity index (χ0n) is 11.8. The number of amides is 1. The fourth-order valence-corrected chi connectivity index (χ4v) is 2.46. The molecule has 3 rings (SSSR count). The highest BCUT2D eigenvalue weighted by atomic mass is 16.5. The van der Waals surface area contributed by atoms with Crippen LogP contribution in [0.3, 0.4) is 0 Å². The number of hydrogen-bond acceptors (Lipinski definition) is 4. The number of carbonyl (C=O) groups excluding carboxylic acids is 1. The van der Waals surface area contributed by atoms with E-state index in [1.54, 1.807) is 13.3 Å². The van der Waals surface area contributed by atoms with Crippen LogP contribution in [-0.4, -0.2) is 41.9 Å². The van der Waals surface area contributed by atoms with Gasteiger partial charge in [-0.2, -0.15) is 5.10 Å². The molecule has 0 spiro atoms. The van der Waals surface area contributed by atoms with Gasteiger partial charge < -0.3 is 15.4 Å². The van der Waals surface area contributed by atoms with Crippen LogP contribution in [0.2, 0.25) is 0 Å². The van der Waals surface area contributed by atoms with Crippen LogP contribution in [0.4, 0.5) is 5.69 Å². The second-order valence-electron chi connectivity index (χ2n) is 5.09. The molecule has 1 amide bonds. The van der Waals surface area contributed by atoms with Gasteiger partial charge in [-0.15, -0.1) is 0 Å². The zero-order valence-corrected chi connectivity index (χ0v) is 11.8. The SMILES string of the molecule is COC1CNC(C(=O)Nc2ccc(-c3ccn[nH]3)cc2)C1. The molecule has 0 aliphatic carbocycles. The van der Waals surface area contributed by atoms with E-state index in [2.05, 4.69) is 20.8 Å². The van der Waals surface area contributed by atoms with Crippen molar-refractivity contribution in [3.05, 3.63) is 36.5 Å². The minimum absolute atomic E-state index is 0.0242. The van der Waals surface area contributed by atoms with E-state index in [1.807, 2.05) is 30.3 Å². The van der Waals surface area contributed by atoms with Gasteiger partial charge in [0.05, 0.1) is 17.8 Å². The Balaban J connectivity index is 1.62. The number of H-pyrrole nitrogens is 1. The Morgan fingerprint density at radius 2 is 2.14 bits per heavy atom. The predicted octanol–water partition coefficient (Wildman–Crippen LogP) is 1.39. The van der Waals surface area contributed by atoms with Gasteiger partial charge in [0.15, 0.2) is 0 Å². The van der Waals surface area contributed by atoms with Gasteiger partial charge in [0, 0.05) is 25.5 Å². The summed E-state index contributed by atoms with van der Waals surface area (Å²) in [5, 5.41) is 12.9. The minimum Gasteiger partial charge on any atom is -0.380 e. The van der Waals surface area contributed by atoms with E-state index in [4.69, 9.17) is 4.74 Å². The number of benzene rings is 1. The third-order valence-corrected chi connectivity index (χ3v) is 3.70. The van der Waals surface area contributed by atoms with Gasteiger partial charge in [0.2, 0.25) is 5.91 Å². The van der Waals surface area contributed by atoms with Crippen molar-refractivity contribution in [1.82, 2.24) is 15.5 Å². The van der Waals surface area contributed by atoms with Crippen LogP contribution in [0, 0.1) is 0 Å². The molecule has 1 aromatic carbocycles. The first-order valence-electron chi connectivity index (χ1n) is 6.93. The van der Waals surface area contributed by atoms with Gasteiger partial charge in [0.1, 0.15) is 0 Å². The molecule has 2 heterocycles. The first kappa shape index (κ1) is 13.8. The Morgan fingerprint density at radius 1 is 1.33 bits per heavy atom. The predicted molar refractivity (Wildman–Crippen MR) is 79.9 cm³/mol. The van der Waals surface area contributed by atoms with E-state index in [1.165, 1.54) is 0 Å². The minimum atomic E-state index is -0.192. The first-order valence-corrected chi connectivity index (χ1v) is 6.93. The largest absolute Gasteiger partial charge is 0.380 e. The van der Waals surface area contributed by atoms with Crippen LogP contribution < -0.4 is 10.6 Å². The topological polar surface area (TPSA) is 79.0 Å². The maximum absolute atomic E-state index is 12.1. The lowest BCUT2D eigenvalue weighted by Gasteiger charge is -2.11. The molecule has 2 atom stereocenters. The van der Waals surface area contributed by atoms with Crippen LogP contribution in [0.25, 0.3) is 11.3 Å². The van der Waals surface area contributed by atoms with Crippen LogP contribution >= 0.6 is 0 Å². The molecule has 1 fully saturated rings. The van der Waals surface area contributed by atoms with Crippen molar-refractivity contribution in [3.63, 3.8) is 0 Å². The number of ether oxygens (including phenoxy) is 1. The van der Waals surface area contributed by atoms with Crippen molar-refractivity contribution in [2.24, 2.45) is 0 Å². The number of methoxy groups -OCH3 is 1. The van der Waals surface area contributed by atoms with Gasteiger partial charge in [-0.05, 0) is 30.2 Å². The number of aromatic nitrogens is 2. The lowest BCUT2D eigenvalue weighted by Crippen LogP contribution is -2.35. The molecule has 1 saturated heterocycles. The quantitative estimate of drug-likeness (QED) is 0.793. The van der Waals surface area contributed by atoms with Gasteiger partial charge in [-0.1, -0.05) is 12.1 Å². The van der Waals surface area contributed by atoms with Crippen molar-refractivity contribution in [3.8, 4) is 11.3 Å². The molecule has 3 N–H and O–H groups in total. The molecule has 0 bridgehead atoms. The highest BCUT2D eigenvalue weighted by molar-refractivity contribution is 5.95. The summed E-state index contributed by atoms with van der Waals surface area (Å²) in [5.41, 5.74) is 2.77. The number of rotatable bonds is 4. The normalized spacial score (nSPS) is 21.4. The molecule has 6 nitrogen and oxygen atoms in total. The maximum Gasteiger partial charge on any atom is 0.241 e. The summed E-state index contributed by atoms with van der Waals surface area (Å²) in [6.07, 6.45) is 2.53. The average molecular weight is 286 g/mol. The van der Waals surface area contributed by atoms with E-state index in [0.717, 1.165) is 16.9 Å². The lowest BCUT2D eigenvalue weighted by atomic mass is 10.1. The molecule has 2 unspecified atom stereocenters. The number of nitrogens with one attached hydrogen (secondary N) is 3. The third-order valence-electron chi connectivity index (χ3n) is 3.70. The summed E-state index contributed by atoms with van der Waals surface area (Å²) < 4.78 is 5.25. The molecule has 2 aromatic rings. The van der Waals surface area contributed by atoms with Crippen LogP contribution in [0.5, 0.6) is 0 Å². The molecule has 1 aromatic heterocycles. The summed E-state index contributed by atoms with van der Waals surface area (Å²) in [6.45, 7) is 0.716. The summed E-state index contributed by atoms with van der Waals surface area (Å²) in [5.74, 6) is -0.0242. The van der Waals surface area contributed by atoms with Gasteiger partial charge in [-0.25, -0.2) is 0 Å². The van der Waals surface area contributed by atoms with Gasteiger partial charge in [0.25, 0.3) is 0 Å². The summed E-state index contributed by atoms with van der Waals surface area (Å²) in [4.78, 5) is 12.1. The molecular weight excluding hydrogens is 268 g/mol. The van der Waals surface area contributed by atoms with Crippen LogP contribution in [-0.2, 0) is 9.53 Å². The van der Waals surface area contributed by atoms with Crippen molar-refractivity contribution in [1.29, 1.82) is 0 Å². The number of aromatic amines is 1. The van der Waals surface area contributed by atoms with E-state index in [-0.39, 0.29) is 18.1 Å². The van der Waals surface area contributed by atoms with Crippen molar-refractivity contribution >= 4 is 11.6 Å². The standard InChI is InChI=1S/C15H18N4O2/c1-21-12-8-14(16-9-12)15(20)18-11-4-2-10(3-5-11)13-6-7-17-19-13/h2-7,12,14,16H,8-9H2,1H3,(H,17,19)(H,18,20). The zero-order chi connectivity index (χ0) is 14.7. The van der Waals surface area contributed by atoms with Gasteiger partial charge in [-0.3, -0.25) is 9.89 Å².